The fraction of sp³-hybridized carbons (Fsp3) is 0.0625. The maximum Gasteiger partial charge on any atom is 0.245 e. The first kappa shape index (κ1) is 14.3. The van der Waals surface area contributed by atoms with Crippen molar-refractivity contribution in [3.63, 3.8) is 0 Å². The summed E-state index contributed by atoms with van der Waals surface area (Å²) in [6.07, 6.45) is 4.05. The van der Waals surface area contributed by atoms with Crippen molar-refractivity contribution in [2.45, 2.75) is 0 Å². The van der Waals surface area contributed by atoms with Gasteiger partial charge in [-0.15, -0.1) is 12.4 Å². The van der Waals surface area contributed by atoms with Gasteiger partial charge in [0.1, 0.15) is 0 Å². The van der Waals surface area contributed by atoms with Crippen LogP contribution >= 0.6 is 12.4 Å². The second kappa shape index (κ2) is 5.90. The molecule has 4 heteroatoms. The van der Waals surface area contributed by atoms with Gasteiger partial charge in [-0.05, 0) is 23.3 Å². The van der Waals surface area contributed by atoms with E-state index in [0.29, 0.717) is 0 Å². The minimum atomic E-state index is -0.108. The first-order chi connectivity index (χ1) is 9.31. The second-order valence-electron chi connectivity index (χ2n) is 4.38. The molecule has 20 heavy (non-hydrogen) atoms. The van der Waals surface area contributed by atoms with E-state index < -0.39 is 0 Å². The standard InChI is InChI=1S/C16H14N2O.ClH/c17-11-16(19)18-14-7-3-1-5-12(14)9-10-13-6-2-4-8-15(13)18;/h1-10H,11,17H2;1H. The molecule has 0 fully saturated rings. The van der Waals surface area contributed by atoms with E-state index in [1.165, 1.54) is 0 Å². The number of amides is 1. The lowest BCUT2D eigenvalue weighted by atomic mass is 10.1. The lowest BCUT2D eigenvalue weighted by Gasteiger charge is -2.24. The van der Waals surface area contributed by atoms with Crippen molar-refractivity contribution in [3.05, 3.63) is 59.7 Å². The van der Waals surface area contributed by atoms with Crippen LogP contribution in [0.3, 0.4) is 0 Å². The van der Waals surface area contributed by atoms with Crippen molar-refractivity contribution in [2.75, 3.05) is 11.4 Å². The highest BCUT2D eigenvalue weighted by Crippen LogP contribution is 2.35. The van der Waals surface area contributed by atoms with Crippen LogP contribution in [0.2, 0.25) is 0 Å². The second-order valence-corrected chi connectivity index (χ2v) is 4.38. The first-order valence-electron chi connectivity index (χ1n) is 6.20. The summed E-state index contributed by atoms with van der Waals surface area (Å²) in [6, 6.07) is 15.6. The molecule has 1 aliphatic heterocycles. The summed E-state index contributed by atoms with van der Waals surface area (Å²) in [5.74, 6) is -0.108. The Hall–Kier alpha value is -2.10. The number of carbonyl (C=O) groups is 1. The Bertz CT molecular complexity index is 618. The molecular weight excluding hydrogens is 272 g/mol. The van der Waals surface area contributed by atoms with Gasteiger partial charge in [0.2, 0.25) is 5.91 Å². The zero-order valence-corrected chi connectivity index (χ0v) is 11.6. The molecule has 0 radical (unpaired) electrons. The van der Waals surface area contributed by atoms with Gasteiger partial charge in [0, 0.05) is 0 Å². The molecular formula is C16H15ClN2O. The number of anilines is 2. The molecule has 2 N–H and O–H groups in total. The van der Waals surface area contributed by atoms with Crippen molar-refractivity contribution in [2.24, 2.45) is 5.73 Å². The van der Waals surface area contributed by atoms with Gasteiger partial charge in [0.15, 0.2) is 0 Å². The van der Waals surface area contributed by atoms with E-state index in [-0.39, 0.29) is 24.9 Å². The van der Waals surface area contributed by atoms with E-state index in [1.54, 1.807) is 4.90 Å². The smallest absolute Gasteiger partial charge is 0.245 e. The molecule has 0 atom stereocenters. The highest BCUT2D eigenvalue weighted by molar-refractivity contribution is 6.06. The zero-order chi connectivity index (χ0) is 13.2. The van der Waals surface area contributed by atoms with E-state index in [2.05, 4.69) is 0 Å². The predicted octanol–water partition coefficient (Wildman–Crippen LogP) is 3.22. The summed E-state index contributed by atoms with van der Waals surface area (Å²) in [7, 11) is 0. The molecule has 102 valence electrons. The van der Waals surface area contributed by atoms with Crippen molar-refractivity contribution in [1.29, 1.82) is 0 Å². The average molecular weight is 287 g/mol. The fourth-order valence-corrected chi connectivity index (χ4v) is 2.33. The number of hydrogen-bond acceptors (Lipinski definition) is 2. The Morgan fingerprint density at radius 3 is 1.80 bits per heavy atom. The fourth-order valence-electron chi connectivity index (χ4n) is 2.33. The van der Waals surface area contributed by atoms with Crippen LogP contribution in [0, 0.1) is 0 Å². The number of carbonyl (C=O) groups excluding carboxylic acids is 1. The van der Waals surface area contributed by atoms with Gasteiger partial charge in [-0.2, -0.15) is 0 Å². The number of hydrogen-bond donors (Lipinski definition) is 1. The van der Waals surface area contributed by atoms with Crippen LogP contribution in [-0.4, -0.2) is 12.5 Å². The van der Waals surface area contributed by atoms with Crippen molar-refractivity contribution in [3.8, 4) is 0 Å². The van der Waals surface area contributed by atoms with Crippen molar-refractivity contribution in [1.82, 2.24) is 0 Å². The molecule has 0 saturated heterocycles. The molecule has 0 aliphatic carbocycles. The molecule has 3 rings (SSSR count). The number of nitrogens with two attached hydrogens (primary N) is 1. The summed E-state index contributed by atoms with van der Waals surface area (Å²) in [6.45, 7) is -0.0112. The average Bonchev–Trinajstić information content (AvgIpc) is 2.63. The Morgan fingerprint density at radius 2 is 1.35 bits per heavy atom. The summed E-state index contributed by atoms with van der Waals surface area (Å²) >= 11 is 0. The third kappa shape index (κ3) is 2.33. The van der Waals surface area contributed by atoms with Crippen LogP contribution in [-0.2, 0) is 4.79 Å². The van der Waals surface area contributed by atoms with Gasteiger partial charge in [-0.1, -0.05) is 48.6 Å². The summed E-state index contributed by atoms with van der Waals surface area (Å²) in [5, 5.41) is 0. The van der Waals surface area contributed by atoms with Crippen LogP contribution in [0.5, 0.6) is 0 Å². The van der Waals surface area contributed by atoms with E-state index in [9.17, 15) is 4.79 Å². The molecule has 0 saturated carbocycles. The van der Waals surface area contributed by atoms with Crippen LogP contribution in [0.4, 0.5) is 11.4 Å². The highest BCUT2D eigenvalue weighted by Gasteiger charge is 2.22. The minimum Gasteiger partial charge on any atom is -0.322 e. The van der Waals surface area contributed by atoms with Gasteiger partial charge in [0.25, 0.3) is 0 Å². The zero-order valence-electron chi connectivity index (χ0n) is 10.8. The van der Waals surface area contributed by atoms with Gasteiger partial charge in [0.05, 0.1) is 17.9 Å². The summed E-state index contributed by atoms with van der Waals surface area (Å²) in [4.78, 5) is 13.9. The topological polar surface area (TPSA) is 46.3 Å². The Balaban J connectivity index is 0.00000147. The van der Waals surface area contributed by atoms with Crippen LogP contribution in [0.25, 0.3) is 12.2 Å². The first-order valence-corrected chi connectivity index (χ1v) is 6.20. The number of halogens is 1. The number of benzene rings is 2. The quantitative estimate of drug-likeness (QED) is 0.875. The largest absolute Gasteiger partial charge is 0.322 e. The molecule has 0 bridgehead atoms. The maximum absolute atomic E-state index is 12.2. The summed E-state index contributed by atoms with van der Waals surface area (Å²) < 4.78 is 0. The van der Waals surface area contributed by atoms with E-state index in [0.717, 1.165) is 22.5 Å². The van der Waals surface area contributed by atoms with Gasteiger partial charge < -0.3 is 5.73 Å². The lowest BCUT2D eigenvalue weighted by molar-refractivity contribution is -0.116. The SMILES string of the molecule is Cl.NCC(=O)N1c2ccccc2C=Cc2ccccc21. The normalized spacial score (nSPS) is 11.9. The van der Waals surface area contributed by atoms with Crippen LogP contribution < -0.4 is 10.6 Å². The molecule has 0 aromatic heterocycles. The molecule has 1 amide bonds. The van der Waals surface area contributed by atoms with Gasteiger partial charge in [-0.25, -0.2) is 0 Å². The molecule has 2 aromatic carbocycles. The number of nitrogens with zero attached hydrogens (tertiary/aromatic N) is 1. The molecule has 1 heterocycles. The van der Waals surface area contributed by atoms with Crippen LogP contribution in [0.1, 0.15) is 11.1 Å². The van der Waals surface area contributed by atoms with Gasteiger partial charge in [-0.3, -0.25) is 9.69 Å². The van der Waals surface area contributed by atoms with E-state index in [4.69, 9.17) is 5.73 Å². The van der Waals surface area contributed by atoms with Crippen molar-refractivity contribution >= 4 is 41.8 Å². The minimum absolute atomic E-state index is 0. The lowest BCUT2D eigenvalue weighted by Crippen LogP contribution is -2.32. The van der Waals surface area contributed by atoms with E-state index in [1.807, 2.05) is 60.7 Å². The highest BCUT2D eigenvalue weighted by atomic mass is 35.5. The van der Waals surface area contributed by atoms with E-state index >= 15 is 0 Å². The van der Waals surface area contributed by atoms with Crippen LogP contribution in [0.15, 0.2) is 48.5 Å². The monoisotopic (exact) mass is 286 g/mol. The summed E-state index contributed by atoms with van der Waals surface area (Å²) in [5.41, 5.74) is 9.33. The number of rotatable bonds is 1. The van der Waals surface area contributed by atoms with Gasteiger partial charge >= 0.3 is 0 Å². The number of fused-ring (bicyclic) bond motifs is 2. The number of para-hydroxylation sites is 2. The molecule has 0 spiro atoms. The Kier molecular flexibility index (Phi) is 4.23. The Labute approximate surface area is 124 Å². The molecule has 0 unspecified atom stereocenters. The third-order valence-corrected chi connectivity index (χ3v) is 3.22. The molecule has 2 aromatic rings. The predicted molar refractivity (Wildman–Crippen MR) is 85.3 cm³/mol. The Morgan fingerprint density at radius 1 is 0.900 bits per heavy atom. The molecule has 1 aliphatic rings. The maximum atomic E-state index is 12.2. The third-order valence-electron chi connectivity index (χ3n) is 3.22. The molecule has 3 nitrogen and oxygen atoms in total. The van der Waals surface area contributed by atoms with Crippen molar-refractivity contribution < 1.29 is 4.79 Å².